The molecule has 1 aromatic carbocycles. The fourth-order valence-corrected chi connectivity index (χ4v) is 2.78. The van der Waals surface area contributed by atoms with E-state index in [1.165, 1.54) is 5.56 Å². The number of anilines is 1. The number of benzene rings is 1. The molecule has 1 saturated heterocycles. The Morgan fingerprint density at radius 1 is 1.32 bits per heavy atom. The molecule has 1 fully saturated rings. The Labute approximate surface area is 149 Å². The fourth-order valence-electron chi connectivity index (χ4n) is 2.78. The highest BCUT2D eigenvalue weighted by atomic mass is 16.5. The molecule has 1 atom stereocenters. The van der Waals surface area contributed by atoms with E-state index in [0.29, 0.717) is 26.1 Å². The average molecular weight is 347 g/mol. The van der Waals surface area contributed by atoms with E-state index in [4.69, 9.17) is 4.74 Å². The zero-order chi connectivity index (χ0) is 18.4. The molecule has 6 heteroatoms. The fraction of sp³-hybridized carbons (Fsp3) is 0.579. The van der Waals surface area contributed by atoms with Gasteiger partial charge in [-0.25, -0.2) is 4.79 Å². The molecule has 0 saturated carbocycles. The van der Waals surface area contributed by atoms with E-state index in [9.17, 15) is 9.59 Å². The lowest BCUT2D eigenvalue weighted by molar-refractivity contribution is -0.117. The minimum atomic E-state index is -0.232. The lowest BCUT2D eigenvalue weighted by Gasteiger charge is -2.18. The quantitative estimate of drug-likeness (QED) is 0.745. The van der Waals surface area contributed by atoms with E-state index in [1.54, 1.807) is 4.90 Å². The summed E-state index contributed by atoms with van der Waals surface area (Å²) in [5.74, 6) is 0.0406. The number of ether oxygens (including phenoxy) is 1. The number of hydrogen-bond acceptors (Lipinski definition) is 3. The average Bonchev–Trinajstić information content (AvgIpc) is 2.89. The maximum Gasteiger partial charge on any atom is 0.315 e. The zero-order valence-electron chi connectivity index (χ0n) is 15.6. The first-order valence-corrected chi connectivity index (χ1v) is 8.90. The van der Waals surface area contributed by atoms with Crippen molar-refractivity contribution in [3.05, 3.63) is 29.3 Å². The van der Waals surface area contributed by atoms with Gasteiger partial charge in [0.1, 0.15) is 0 Å². The Kier molecular flexibility index (Phi) is 6.82. The van der Waals surface area contributed by atoms with Crippen molar-refractivity contribution in [2.24, 2.45) is 0 Å². The maximum atomic E-state index is 12.3. The maximum absolute atomic E-state index is 12.3. The van der Waals surface area contributed by atoms with Gasteiger partial charge in [-0.05, 0) is 57.4 Å². The van der Waals surface area contributed by atoms with E-state index in [1.807, 2.05) is 45.9 Å². The number of amides is 3. The number of rotatable bonds is 7. The molecule has 25 heavy (non-hydrogen) atoms. The monoisotopic (exact) mass is 347 g/mol. The van der Waals surface area contributed by atoms with E-state index < -0.39 is 0 Å². The number of aryl methyl sites for hydroxylation is 2. The Morgan fingerprint density at radius 3 is 2.76 bits per heavy atom. The van der Waals surface area contributed by atoms with Crippen molar-refractivity contribution < 1.29 is 14.3 Å². The first-order chi connectivity index (χ1) is 11.9. The number of nitrogens with zero attached hydrogens (tertiary/aromatic N) is 1. The standard InChI is InChI=1S/C19H29N3O3/c1-13(2)25-9-5-8-20-19(24)21-16-11-18(23)22(12-16)17-7-6-14(3)15(4)10-17/h6-7,10,13,16H,5,8-9,11-12H2,1-4H3,(H2,20,21,24)/t16-/m0/s1. The van der Waals surface area contributed by atoms with Crippen molar-refractivity contribution in [2.45, 2.75) is 52.7 Å². The highest BCUT2D eigenvalue weighted by Crippen LogP contribution is 2.24. The van der Waals surface area contributed by atoms with Crippen LogP contribution in [-0.2, 0) is 9.53 Å². The first-order valence-electron chi connectivity index (χ1n) is 8.90. The van der Waals surface area contributed by atoms with Crippen LogP contribution < -0.4 is 15.5 Å². The molecule has 1 aliphatic heterocycles. The number of carbonyl (C=O) groups excluding carboxylic acids is 2. The number of nitrogens with one attached hydrogen (secondary N) is 2. The van der Waals surface area contributed by atoms with E-state index in [0.717, 1.165) is 17.7 Å². The van der Waals surface area contributed by atoms with Gasteiger partial charge in [0.05, 0.1) is 12.1 Å². The molecule has 1 aliphatic rings. The number of carbonyl (C=O) groups is 2. The highest BCUT2D eigenvalue weighted by Gasteiger charge is 2.31. The Balaban J connectivity index is 1.78. The zero-order valence-corrected chi connectivity index (χ0v) is 15.6. The lowest BCUT2D eigenvalue weighted by Crippen LogP contribution is -2.43. The van der Waals surface area contributed by atoms with Gasteiger partial charge in [-0.1, -0.05) is 6.07 Å². The van der Waals surface area contributed by atoms with E-state index in [2.05, 4.69) is 10.6 Å². The molecule has 3 amide bonds. The molecule has 2 rings (SSSR count). The summed E-state index contributed by atoms with van der Waals surface area (Å²) < 4.78 is 5.43. The van der Waals surface area contributed by atoms with Crippen molar-refractivity contribution in [3.8, 4) is 0 Å². The van der Waals surface area contributed by atoms with E-state index >= 15 is 0 Å². The van der Waals surface area contributed by atoms with Crippen LogP contribution in [-0.4, -0.2) is 43.8 Å². The van der Waals surface area contributed by atoms with Crippen LogP contribution in [0.2, 0.25) is 0 Å². The predicted molar refractivity (Wildman–Crippen MR) is 98.9 cm³/mol. The van der Waals surface area contributed by atoms with E-state index in [-0.39, 0.29) is 24.1 Å². The number of urea groups is 1. The third kappa shape index (κ3) is 5.74. The van der Waals surface area contributed by atoms with Crippen molar-refractivity contribution >= 4 is 17.6 Å². The van der Waals surface area contributed by atoms with Gasteiger partial charge in [0.2, 0.25) is 5.91 Å². The van der Waals surface area contributed by atoms with Gasteiger partial charge in [0.25, 0.3) is 0 Å². The van der Waals surface area contributed by atoms with Gasteiger partial charge in [-0.15, -0.1) is 0 Å². The minimum Gasteiger partial charge on any atom is -0.379 e. The molecule has 1 aromatic rings. The normalized spacial score (nSPS) is 17.2. The van der Waals surface area contributed by atoms with Gasteiger partial charge < -0.3 is 20.3 Å². The molecule has 138 valence electrons. The van der Waals surface area contributed by atoms with Crippen molar-refractivity contribution in [2.75, 3.05) is 24.6 Å². The molecule has 0 aromatic heterocycles. The van der Waals surface area contributed by atoms with Crippen LogP contribution in [0.3, 0.4) is 0 Å². The van der Waals surface area contributed by atoms with Crippen LogP contribution in [0.5, 0.6) is 0 Å². The SMILES string of the molecule is Cc1ccc(N2C[C@@H](NC(=O)NCCCOC(C)C)CC2=O)cc1C. The molecule has 1 heterocycles. The third-order valence-corrected chi connectivity index (χ3v) is 4.32. The van der Waals surface area contributed by atoms with Crippen LogP contribution in [0.1, 0.15) is 37.8 Å². The summed E-state index contributed by atoms with van der Waals surface area (Å²) in [4.78, 5) is 26.0. The smallest absolute Gasteiger partial charge is 0.315 e. The van der Waals surface area contributed by atoms with Crippen LogP contribution in [0.25, 0.3) is 0 Å². The molecule has 6 nitrogen and oxygen atoms in total. The molecule has 0 bridgehead atoms. The summed E-state index contributed by atoms with van der Waals surface area (Å²) in [5.41, 5.74) is 3.25. The summed E-state index contributed by atoms with van der Waals surface area (Å²) >= 11 is 0. The highest BCUT2D eigenvalue weighted by molar-refractivity contribution is 5.96. The van der Waals surface area contributed by atoms with Crippen LogP contribution in [0.4, 0.5) is 10.5 Å². The molecule has 0 aliphatic carbocycles. The summed E-state index contributed by atoms with van der Waals surface area (Å²) in [5, 5.41) is 5.69. The second kappa shape index (κ2) is 8.85. The minimum absolute atomic E-state index is 0.0406. The van der Waals surface area contributed by atoms with Crippen molar-refractivity contribution in [3.63, 3.8) is 0 Å². The van der Waals surface area contributed by atoms with Crippen LogP contribution in [0, 0.1) is 13.8 Å². The van der Waals surface area contributed by atoms with Gasteiger partial charge in [0, 0.05) is 31.8 Å². The molecule has 0 radical (unpaired) electrons. The Bertz CT molecular complexity index is 616. The second-order valence-electron chi connectivity index (χ2n) is 6.85. The Morgan fingerprint density at radius 2 is 2.08 bits per heavy atom. The van der Waals surface area contributed by atoms with Gasteiger partial charge in [0.15, 0.2) is 0 Å². The first kappa shape index (κ1) is 19.2. The molecule has 0 unspecified atom stereocenters. The van der Waals surface area contributed by atoms with Crippen molar-refractivity contribution in [1.82, 2.24) is 10.6 Å². The van der Waals surface area contributed by atoms with Gasteiger partial charge in [-0.2, -0.15) is 0 Å². The third-order valence-electron chi connectivity index (χ3n) is 4.32. The van der Waals surface area contributed by atoms with Gasteiger partial charge in [-0.3, -0.25) is 4.79 Å². The number of hydrogen-bond donors (Lipinski definition) is 2. The largest absolute Gasteiger partial charge is 0.379 e. The van der Waals surface area contributed by atoms with Crippen molar-refractivity contribution in [1.29, 1.82) is 0 Å². The summed E-state index contributed by atoms with van der Waals surface area (Å²) in [6, 6.07) is 5.59. The summed E-state index contributed by atoms with van der Waals surface area (Å²) in [7, 11) is 0. The predicted octanol–water partition coefficient (Wildman–Crippen LogP) is 2.52. The lowest BCUT2D eigenvalue weighted by atomic mass is 10.1. The molecule has 2 N–H and O–H groups in total. The molecular formula is C19H29N3O3. The topological polar surface area (TPSA) is 70.7 Å². The summed E-state index contributed by atoms with van der Waals surface area (Å²) in [6.07, 6.45) is 1.30. The van der Waals surface area contributed by atoms with Crippen LogP contribution >= 0.6 is 0 Å². The van der Waals surface area contributed by atoms with Gasteiger partial charge >= 0.3 is 6.03 Å². The Hall–Kier alpha value is -2.08. The molecular weight excluding hydrogens is 318 g/mol. The second-order valence-corrected chi connectivity index (χ2v) is 6.85. The molecule has 0 spiro atoms. The van der Waals surface area contributed by atoms with Crippen LogP contribution in [0.15, 0.2) is 18.2 Å². The summed E-state index contributed by atoms with van der Waals surface area (Å²) in [6.45, 7) is 9.74.